The van der Waals surface area contributed by atoms with E-state index in [1.807, 2.05) is 12.1 Å². The van der Waals surface area contributed by atoms with E-state index in [1.54, 1.807) is 23.4 Å². The Morgan fingerprint density at radius 2 is 1.72 bits per heavy atom. The Kier molecular flexibility index (Phi) is 6.95. The smallest absolute Gasteiger partial charge is 0.243 e. The van der Waals surface area contributed by atoms with Crippen LogP contribution in [0.25, 0.3) is 0 Å². The van der Waals surface area contributed by atoms with Crippen LogP contribution in [0.3, 0.4) is 0 Å². The molecule has 2 aliphatic rings. The average Bonchev–Trinajstić information content (AvgIpc) is 3.26. The summed E-state index contributed by atoms with van der Waals surface area (Å²) < 4.78 is 32.3. The van der Waals surface area contributed by atoms with Crippen LogP contribution < -0.4 is 5.32 Å². The number of hydrogen-bond acceptors (Lipinski definition) is 6. The number of piperidine rings is 1. The summed E-state index contributed by atoms with van der Waals surface area (Å²) in [7, 11) is -3.43. The van der Waals surface area contributed by atoms with Gasteiger partial charge >= 0.3 is 0 Å². The van der Waals surface area contributed by atoms with Crippen LogP contribution in [0.2, 0.25) is 0 Å². The topological polar surface area (TPSA) is 105 Å². The molecule has 32 heavy (non-hydrogen) atoms. The summed E-state index contributed by atoms with van der Waals surface area (Å²) in [5.41, 5.74) is 0.380. The molecule has 2 aromatic rings. The van der Waals surface area contributed by atoms with Crippen molar-refractivity contribution in [3.63, 3.8) is 0 Å². The van der Waals surface area contributed by atoms with Crippen LogP contribution in [0.1, 0.15) is 75.1 Å². The van der Waals surface area contributed by atoms with Gasteiger partial charge in [-0.15, -0.1) is 0 Å². The monoisotopic (exact) mass is 460 g/mol. The largest absolute Gasteiger partial charge is 0.343 e. The molecule has 8 nitrogen and oxygen atoms in total. The first-order valence-corrected chi connectivity index (χ1v) is 13.0. The Morgan fingerprint density at radius 3 is 2.34 bits per heavy atom. The summed E-state index contributed by atoms with van der Waals surface area (Å²) in [5, 5.41) is 7.28. The third kappa shape index (κ3) is 5.04. The maximum Gasteiger partial charge on any atom is 0.243 e. The number of aromatic nitrogens is 2. The van der Waals surface area contributed by atoms with Gasteiger partial charge in [-0.1, -0.05) is 43.0 Å². The Balaban J connectivity index is 1.37. The maximum atomic E-state index is 12.8. The molecule has 2 fully saturated rings. The Hall–Kier alpha value is -2.26. The van der Waals surface area contributed by atoms with Gasteiger partial charge < -0.3 is 9.84 Å². The highest BCUT2D eigenvalue weighted by molar-refractivity contribution is 7.89. The van der Waals surface area contributed by atoms with Crippen LogP contribution >= 0.6 is 0 Å². The van der Waals surface area contributed by atoms with E-state index in [0.717, 1.165) is 56.9 Å². The van der Waals surface area contributed by atoms with E-state index in [4.69, 9.17) is 4.52 Å². The van der Waals surface area contributed by atoms with Crippen molar-refractivity contribution < 1.29 is 17.7 Å². The molecule has 1 aliphatic heterocycles. The summed E-state index contributed by atoms with van der Waals surface area (Å²) in [6.45, 7) is 2.93. The minimum Gasteiger partial charge on any atom is -0.343 e. The van der Waals surface area contributed by atoms with Crippen molar-refractivity contribution in [3.05, 3.63) is 41.5 Å². The van der Waals surface area contributed by atoms with Crippen molar-refractivity contribution in [2.75, 3.05) is 13.1 Å². The molecule has 174 valence electrons. The minimum atomic E-state index is -3.43. The van der Waals surface area contributed by atoms with Gasteiger partial charge in [0.15, 0.2) is 5.82 Å². The lowest BCUT2D eigenvalue weighted by atomic mass is 9.81. The summed E-state index contributed by atoms with van der Waals surface area (Å²) in [5.74, 6) is 1.01. The van der Waals surface area contributed by atoms with Crippen molar-refractivity contribution in [1.82, 2.24) is 19.8 Å². The van der Waals surface area contributed by atoms with E-state index >= 15 is 0 Å². The lowest BCUT2D eigenvalue weighted by Crippen LogP contribution is -2.48. The second-order valence-electron chi connectivity index (χ2n) is 8.94. The number of hydrogen-bond donors (Lipinski definition) is 1. The van der Waals surface area contributed by atoms with Gasteiger partial charge in [-0.05, 0) is 49.8 Å². The second-order valence-corrected chi connectivity index (χ2v) is 10.9. The highest BCUT2D eigenvalue weighted by atomic mass is 32.2. The van der Waals surface area contributed by atoms with Gasteiger partial charge in [0, 0.05) is 26.4 Å². The number of nitrogens with one attached hydrogen (secondary N) is 1. The molecule has 0 bridgehead atoms. The van der Waals surface area contributed by atoms with Crippen molar-refractivity contribution in [2.24, 2.45) is 0 Å². The predicted molar refractivity (Wildman–Crippen MR) is 119 cm³/mol. The zero-order chi connectivity index (χ0) is 22.6. The van der Waals surface area contributed by atoms with Crippen molar-refractivity contribution in [1.29, 1.82) is 0 Å². The van der Waals surface area contributed by atoms with Crippen LogP contribution in [-0.2, 0) is 26.8 Å². The number of rotatable bonds is 7. The molecule has 1 saturated carbocycles. The molecule has 1 saturated heterocycles. The van der Waals surface area contributed by atoms with Gasteiger partial charge in [-0.25, -0.2) is 8.42 Å². The zero-order valence-electron chi connectivity index (χ0n) is 18.7. The van der Waals surface area contributed by atoms with E-state index in [-0.39, 0.29) is 5.91 Å². The van der Waals surface area contributed by atoms with Crippen LogP contribution in [0.15, 0.2) is 33.7 Å². The van der Waals surface area contributed by atoms with Crippen molar-refractivity contribution in [2.45, 2.75) is 81.6 Å². The van der Waals surface area contributed by atoms with E-state index < -0.39 is 15.6 Å². The minimum absolute atomic E-state index is 0.0561. The van der Waals surface area contributed by atoms with Crippen molar-refractivity contribution in [3.8, 4) is 0 Å². The first-order chi connectivity index (χ1) is 15.4. The van der Waals surface area contributed by atoms with Crippen LogP contribution in [0.5, 0.6) is 0 Å². The van der Waals surface area contributed by atoms with Gasteiger partial charge in [0.1, 0.15) is 5.54 Å². The fraction of sp³-hybridized carbons (Fsp3) is 0.609. The quantitative estimate of drug-likeness (QED) is 0.678. The molecular weight excluding hydrogens is 428 g/mol. The second kappa shape index (κ2) is 9.70. The van der Waals surface area contributed by atoms with Gasteiger partial charge in [0.2, 0.25) is 21.8 Å². The third-order valence-corrected chi connectivity index (χ3v) is 8.47. The molecule has 9 heteroatoms. The lowest BCUT2D eigenvalue weighted by Gasteiger charge is -2.35. The van der Waals surface area contributed by atoms with Gasteiger partial charge in [0.25, 0.3) is 0 Å². The Bertz CT molecular complexity index is 1020. The van der Waals surface area contributed by atoms with Crippen molar-refractivity contribution >= 4 is 15.9 Å². The van der Waals surface area contributed by atoms with E-state index in [9.17, 15) is 13.2 Å². The predicted octanol–water partition coefficient (Wildman–Crippen LogP) is 3.46. The number of benzene rings is 1. The highest BCUT2D eigenvalue weighted by Gasteiger charge is 2.39. The molecule has 0 spiro atoms. The van der Waals surface area contributed by atoms with E-state index in [2.05, 4.69) is 15.5 Å². The molecule has 0 atom stereocenters. The summed E-state index contributed by atoms with van der Waals surface area (Å²) >= 11 is 0. The number of aryl methyl sites for hydroxylation is 2. The number of amides is 1. The van der Waals surface area contributed by atoms with Gasteiger partial charge in [-0.2, -0.15) is 9.29 Å². The molecule has 2 heterocycles. The fourth-order valence-corrected chi connectivity index (χ4v) is 6.24. The van der Waals surface area contributed by atoms with Crippen LogP contribution in [0.4, 0.5) is 0 Å². The summed E-state index contributed by atoms with van der Waals surface area (Å²) in [6.07, 6.45) is 8.55. The Morgan fingerprint density at radius 1 is 1.06 bits per heavy atom. The SMILES string of the molecule is Cc1nc(C2(NC(=O)CCc3ccc(S(=O)(=O)N4CCCCC4)cc3)CCCCC2)no1. The average molecular weight is 461 g/mol. The zero-order valence-corrected chi connectivity index (χ0v) is 19.5. The molecule has 0 unspecified atom stereocenters. The summed E-state index contributed by atoms with van der Waals surface area (Å²) in [4.78, 5) is 17.5. The standard InChI is InChI=1S/C23H32N4O4S/c1-18-24-22(26-31-18)23(14-4-2-5-15-23)25-21(28)13-10-19-8-11-20(12-9-19)32(29,30)27-16-6-3-7-17-27/h8-9,11-12H,2-7,10,13-17H2,1H3,(H,25,28). The molecule has 1 aromatic heterocycles. The molecule has 1 aromatic carbocycles. The maximum absolute atomic E-state index is 12.8. The molecule has 0 radical (unpaired) electrons. The fourth-order valence-electron chi connectivity index (χ4n) is 4.72. The normalized spacial score (nSPS) is 19.5. The number of carbonyl (C=O) groups is 1. The summed E-state index contributed by atoms with van der Waals surface area (Å²) in [6, 6.07) is 6.93. The molecule has 4 rings (SSSR count). The molecule has 1 N–H and O–H groups in total. The first-order valence-electron chi connectivity index (χ1n) is 11.6. The lowest BCUT2D eigenvalue weighted by molar-refractivity contribution is -0.123. The van der Waals surface area contributed by atoms with Crippen LogP contribution in [0, 0.1) is 6.92 Å². The van der Waals surface area contributed by atoms with Gasteiger partial charge in [0.05, 0.1) is 4.90 Å². The number of carbonyl (C=O) groups excluding carboxylic acids is 1. The molecular formula is C23H32N4O4S. The number of nitrogens with zero attached hydrogens (tertiary/aromatic N) is 3. The number of sulfonamides is 1. The molecule has 1 aliphatic carbocycles. The van der Waals surface area contributed by atoms with E-state index in [1.165, 1.54) is 0 Å². The third-order valence-electron chi connectivity index (χ3n) is 6.56. The first kappa shape index (κ1) is 22.9. The molecule has 1 amide bonds. The van der Waals surface area contributed by atoms with Crippen LogP contribution in [-0.4, -0.2) is 41.9 Å². The van der Waals surface area contributed by atoms with E-state index in [0.29, 0.717) is 42.5 Å². The highest BCUT2D eigenvalue weighted by Crippen LogP contribution is 2.35. The van der Waals surface area contributed by atoms with Gasteiger partial charge in [-0.3, -0.25) is 4.79 Å². The Labute approximate surface area is 189 Å².